The molecule has 0 saturated heterocycles. The highest BCUT2D eigenvalue weighted by atomic mass is 16.5. The number of carbonyl (C=O) groups is 2. The van der Waals surface area contributed by atoms with Crippen molar-refractivity contribution in [3.05, 3.63) is 0 Å². The minimum absolute atomic E-state index is 0.0417. The summed E-state index contributed by atoms with van der Waals surface area (Å²) in [5.41, 5.74) is 0. The molecule has 0 rings (SSSR count). The molecular formula is C18H38O14. The fraction of sp³-hybridized carbons (Fsp3) is 0.889. The summed E-state index contributed by atoms with van der Waals surface area (Å²) in [5, 5.41) is 57.4. The van der Waals surface area contributed by atoms with Gasteiger partial charge in [0.2, 0.25) is 0 Å². The Balaban J connectivity index is -0.000000397. The van der Waals surface area contributed by atoms with Crippen molar-refractivity contribution in [2.45, 2.75) is 19.1 Å². The first kappa shape index (κ1) is 35.1. The van der Waals surface area contributed by atoms with Gasteiger partial charge in [0.1, 0.15) is 0 Å². The van der Waals surface area contributed by atoms with Crippen molar-refractivity contribution in [3.63, 3.8) is 0 Å². The van der Waals surface area contributed by atoms with E-state index in [0.29, 0.717) is 59.5 Å². The van der Waals surface area contributed by atoms with Gasteiger partial charge < -0.3 is 59.4 Å². The van der Waals surface area contributed by atoms with E-state index in [2.05, 4.69) is 0 Å². The monoisotopic (exact) mass is 478 g/mol. The Morgan fingerprint density at radius 3 is 1.03 bits per heavy atom. The van der Waals surface area contributed by atoms with Crippen LogP contribution in [-0.4, -0.2) is 146 Å². The molecule has 0 aromatic carbocycles. The Hall–Kier alpha value is -1.46. The van der Waals surface area contributed by atoms with Crippen LogP contribution in [0.5, 0.6) is 0 Å². The van der Waals surface area contributed by atoms with Gasteiger partial charge >= 0.3 is 11.9 Å². The maximum Gasteiger partial charge on any atom is 0.335 e. The van der Waals surface area contributed by atoms with E-state index in [1.54, 1.807) is 0 Å². The Morgan fingerprint density at radius 2 is 0.812 bits per heavy atom. The van der Waals surface area contributed by atoms with Crippen molar-refractivity contribution in [3.8, 4) is 0 Å². The van der Waals surface area contributed by atoms with Gasteiger partial charge in [-0.3, -0.25) is 0 Å². The maximum atomic E-state index is 9.77. The Morgan fingerprint density at radius 1 is 0.562 bits per heavy atom. The van der Waals surface area contributed by atoms with Crippen molar-refractivity contribution < 1.29 is 69.0 Å². The molecule has 0 amide bonds. The van der Waals surface area contributed by atoms with E-state index in [1.807, 2.05) is 6.92 Å². The van der Waals surface area contributed by atoms with Crippen LogP contribution in [0.3, 0.4) is 0 Å². The van der Waals surface area contributed by atoms with Crippen molar-refractivity contribution >= 4 is 11.9 Å². The van der Waals surface area contributed by atoms with E-state index >= 15 is 0 Å². The van der Waals surface area contributed by atoms with Crippen LogP contribution in [0.2, 0.25) is 0 Å². The van der Waals surface area contributed by atoms with Crippen molar-refractivity contribution in [2.75, 3.05) is 85.9 Å². The fourth-order valence-electron chi connectivity index (χ4n) is 1.37. The molecule has 0 spiro atoms. The van der Waals surface area contributed by atoms with E-state index in [9.17, 15) is 9.59 Å². The molecule has 0 aliphatic carbocycles. The van der Waals surface area contributed by atoms with Gasteiger partial charge in [0.05, 0.1) is 79.3 Å². The summed E-state index contributed by atoms with van der Waals surface area (Å²) in [6.07, 6.45) is -4.53. The lowest BCUT2D eigenvalue weighted by Crippen LogP contribution is -2.39. The normalized spacial score (nSPS) is 12.1. The highest BCUT2D eigenvalue weighted by molar-refractivity contribution is 5.83. The molecule has 32 heavy (non-hydrogen) atoms. The van der Waals surface area contributed by atoms with Crippen LogP contribution in [0.25, 0.3) is 0 Å². The van der Waals surface area contributed by atoms with Gasteiger partial charge in [0.25, 0.3) is 0 Å². The van der Waals surface area contributed by atoms with E-state index in [1.165, 1.54) is 0 Å². The number of carboxylic acids is 2. The minimum atomic E-state index is -2.27. The van der Waals surface area contributed by atoms with Gasteiger partial charge in [-0.05, 0) is 6.92 Å². The van der Waals surface area contributed by atoms with Crippen molar-refractivity contribution in [1.82, 2.24) is 0 Å². The molecule has 0 heterocycles. The zero-order chi connectivity index (χ0) is 25.0. The first-order chi connectivity index (χ1) is 15.3. The third-order valence-corrected chi connectivity index (χ3v) is 2.83. The predicted octanol–water partition coefficient (Wildman–Crippen LogP) is -3.07. The smallest absolute Gasteiger partial charge is 0.335 e. The third-order valence-electron chi connectivity index (χ3n) is 2.83. The molecule has 0 aromatic heterocycles. The first-order valence-corrected chi connectivity index (χ1v) is 9.83. The molecule has 0 fully saturated rings. The summed E-state index contributed by atoms with van der Waals surface area (Å²) < 4.78 is 24.9. The third kappa shape index (κ3) is 30.7. The number of rotatable bonds is 19. The standard InChI is InChI=1S/C8H18O4.C6H14O4.C4H6O6/c1-2-10-5-6-12-8-7-11-4-3-9;7-1-3-9-5-6-10-4-2-8;5-1(3(7)8)2(6)4(9)10/h9H,2-8H2,1H3;7-8H,1-6H2;1-2,5-6H,(H,7,8)(H,9,10). The summed E-state index contributed by atoms with van der Waals surface area (Å²) in [5.74, 6) is -3.54. The predicted molar refractivity (Wildman–Crippen MR) is 108 cm³/mol. The Kier molecular flexibility index (Phi) is 32.4. The second-order valence-electron chi connectivity index (χ2n) is 5.38. The van der Waals surface area contributed by atoms with Gasteiger partial charge in [-0.25, -0.2) is 9.59 Å². The lowest BCUT2D eigenvalue weighted by Gasteiger charge is -2.07. The second kappa shape index (κ2) is 29.5. The molecule has 14 heteroatoms. The fourth-order valence-corrected chi connectivity index (χ4v) is 1.37. The van der Waals surface area contributed by atoms with Crippen LogP contribution in [0, 0.1) is 0 Å². The second-order valence-corrected chi connectivity index (χ2v) is 5.38. The van der Waals surface area contributed by atoms with Crippen LogP contribution >= 0.6 is 0 Å². The number of hydrogen-bond donors (Lipinski definition) is 7. The van der Waals surface area contributed by atoms with Gasteiger partial charge in [-0.1, -0.05) is 0 Å². The molecule has 2 atom stereocenters. The lowest BCUT2D eigenvalue weighted by molar-refractivity contribution is -0.165. The number of carboxylic acid groups (broad SMARTS) is 2. The molecular weight excluding hydrogens is 440 g/mol. The summed E-state index contributed by atoms with van der Waals surface area (Å²) in [7, 11) is 0. The van der Waals surface area contributed by atoms with Gasteiger partial charge in [0.15, 0.2) is 12.2 Å². The average molecular weight is 478 g/mol. The van der Waals surface area contributed by atoms with Crippen LogP contribution in [0.1, 0.15) is 6.92 Å². The van der Waals surface area contributed by atoms with Crippen LogP contribution in [-0.2, 0) is 33.3 Å². The number of ether oxygens (including phenoxy) is 5. The number of hydrogen-bond acceptors (Lipinski definition) is 12. The van der Waals surface area contributed by atoms with Crippen LogP contribution < -0.4 is 0 Å². The molecule has 0 radical (unpaired) electrons. The molecule has 194 valence electrons. The minimum Gasteiger partial charge on any atom is -0.479 e. The molecule has 0 bridgehead atoms. The molecule has 0 aliphatic rings. The Bertz CT molecular complexity index is 360. The molecule has 14 nitrogen and oxygen atoms in total. The number of aliphatic hydroxyl groups is 5. The highest BCUT2D eigenvalue weighted by Crippen LogP contribution is 1.92. The first-order valence-electron chi connectivity index (χ1n) is 9.83. The Labute approximate surface area is 186 Å². The van der Waals surface area contributed by atoms with Gasteiger partial charge in [0, 0.05) is 6.61 Å². The molecule has 0 aliphatic heterocycles. The quantitative estimate of drug-likeness (QED) is 0.0916. The van der Waals surface area contributed by atoms with Crippen molar-refractivity contribution in [1.29, 1.82) is 0 Å². The van der Waals surface area contributed by atoms with E-state index in [0.717, 1.165) is 6.61 Å². The topological polar surface area (TPSA) is 222 Å². The highest BCUT2D eigenvalue weighted by Gasteiger charge is 2.29. The maximum absolute atomic E-state index is 9.77. The van der Waals surface area contributed by atoms with Crippen LogP contribution in [0.15, 0.2) is 0 Å². The van der Waals surface area contributed by atoms with E-state index < -0.39 is 24.1 Å². The zero-order valence-electron chi connectivity index (χ0n) is 18.3. The van der Waals surface area contributed by atoms with Gasteiger partial charge in [-0.2, -0.15) is 0 Å². The summed E-state index contributed by atoms with van der Waals surface area (Å²) in [4.78, 5) is 19.5. The summed E-state index contributed by atoms with van der Waals surface area (Å²) >= 11 is 0. The van der Waals surface area contributed by atoms with Crippen molar-refractivity contribution in [2.24, 2.45) is 0 Å². The molecule has 0 saturated carbocycles. The van der Waals surface area contributed by atoms with E-state index in [-0.39, 0.29) is 19.8 Å². The van der Waals surface area contributed by atoms with Crippen LogP contribution in [0.4, 0.5) is 0 Å². The molecule has 7 N–H and O–H groups in total. The SMILES string of the molecule is CCOCCOCCOCCO.O=C(O)C(O)C(O)C(=O)O.OCCOCCOCCO. The summed E-state index contributed by atoms with van der Waals surface area (Å²) in [6, 6.07) is 0. The lowest BCUT2D eigenvalue weighted by atomic mass is 10.2. The molecule has 0 aromatic rings. The number of aliphatic hydroxyl groups excluding tert-OH is 5. The van der Waals surface area contributed by atoms with Gasteiger partial charge in [-0.15, -0.1) is 0 Å². The summed E-state index contributed by atoms with van der Waals surface area (Å²) in [6.45, 7) is 7.20. The zero-order valence-corrected chi connectivity index (χ0v) is 18.3. The van der Waals surface area contributed by atoms with E-state index in [4.69, 9.17) is 59.4 Å². The number of aliphatic carboxylic acids is 2. The largest absolute Gasteiger partial charge is 0.479 e. The molecule has 2 unspecified atom stereocenters. The average Bonchev–Trinajstić information content (AvgIpc) is 2.77.